The summed E-state index contributed by atoms with van der Waals surface area (Å²) in [6, 6.07) is 0. The van der Waals surface area contributed by atoms with Gasteiger partial charge in [0.25, 0.3) is 0 Å². The van der Waals surface area contributed by atoms with Gasteiger partial charge in [0.2, 0.25) is 0 Å². The summed E-state index contributed by atoms with van der Waals surface area (Å²) in [6.07, 6.45) is 1.80. The first-order chi connectivity index (χ1) is 9.93. The highest BCUT2D eigenvalue weighted by atomic mass is 35.5. The third kappa shape index (κ3) is 3.41. The van der Waals surface area contributed by atoms with Gasteiger partial charge in [-0.1, -0.05) is 43.3 Å². The van der Waals surface area contributed by atoms with Crippen molar-refractivity contribution in [2.24, 2.45) is 7.05 Å². The topological polar surface area (TPSA) is 72.9 Å². The molecule has 8 heteroatoms. The molecule has 0 unspecified atom stereocenters. The van der Waals surface area contributed by atoms with Crippen molar-refractivity contribution in [2.75, 3.05) is 5.75 Å². The van der Waals surface area contributed by atoms with Crippen molar-refractivity contribution in [1.29, 1.82) is 0 Å². The van der Waals surface area contributed by atoms with Crippen LogP contribution in [0.25, 0.3) is 11.2 Å². The third-order valence-electron chi connectivity index (χ3n) is 2.90. The molecule has 2 aromatic rings. The van der Waals surface area contributed by atoms with E-state index in [2.05, 4.69) is 23.6 Å². The first-order valence-electron chi connectivity index (χ1n) is 6.54. The smallest absolute Gasteiger partial charge is 0.313 e. The van der Waals surface area contributed by atoms with Gasteiger partial charge in [0, 0.05) is 12.1 Å². The molecule has 6 nitrogen and oxygen atoms in total. The molecule has 0 aromatic carbocycles. The molecule has 0 bridgehead atoms. The molecule has 2 heterocycles. The molecule has 0 saturated carbocycles. The highest BCUT2D eigenvalue weighted by Crippen LogP contribution is 2.27. The summed E-state index contributed by atoms with van der Waals surface area (Å²) in [6.45, 7) is 6.17. The molecule has 2 aromatic heterocycles. The van der Waals surface area contributed by atoms with Gasteiger partial charge in [-0.15, -0.1) is 0 Å². The van der Waals surface area contributed by atoms with Crippen molar-refractivity contribution < 1.29 is 9.90 Å². The van der Waals surface area contributed by atoms with Crippen molar-refractivity contribution in [3.05, 3.63) is 17.3 Å². The van der Waals surface area contributed by atoms with E-state index < -0.39 is 5.97 Å². The lowest BCUT2D eigenvalue weighted by Gasteiger charge is -2.07. The Balaban J connectivity index is 2.52. The SMILES string of the molecule is C=C(Cl)Cn1c(SCC(=O)O)nc2c(CCC)nn(C)c21. The highest BCUT2D eigenvalue weighted by molar-refractivity contribution is 7.99. The van der Waals surface area contributed by atoms with Gasteiger partial charge in [-0.3, -0.25) is 14.0 Å². The number of aryl methyl sites for hydroxylation is 2. The van der Waals surface area contributed by atoms with Crippen LogP contribution >= 0.6 is 23.4 Å². The van der Waals surface area contributed by atoms with E-state index in [1.807, 2.05) is 11.6 Å². The predicted octanol–water partition coefficient (Wildman–Crippen LogP) is 2.65. The van der Waals surface area contributed by atoms with E-state index in [1.165, 1.54) is 11.8 Å². The monoisotopic (exact) mass is 328 g/mol. The lowest BCUT2D eigenvalue weighted by Crippen LogP contribution is -2.06. The summed E-state index contributed by atoms with van der Waals surface area (Å²) in [7, 11) is 1.85. The van der Waals surface area contributed by atoms with Crippen molar-refractivity contribution in [2.45, 2.75) is 31.5 Å². The van der Waals surface area contributed by atoms with E-state index in [0.29, 0.717) is 16.7 Å². The van der Waals surface area contributed by atoms with Gasteiger partial charge in [0.05, 0.1) is 18.0 Å². The van der Waals surface area contributed by atoms with Crippen LogP contribution in [0.1, 0.15) is 19.0 Å². The van der Waals surface area contributed by atoms with Crippen LogP contribution < -0.4 is 0 Å². The standard InChI is InChI=1S/C13H17ClN4O2S/c1-4-5-9-11-12(17(3)16-9)18(6-8(2)14)13(15-11)21-7-10(19)20/h2,4-7H2,1,3H3,(H,19,20). The van der Waals surface area contributed by atoms with Crippen LogP contribution in [0, 0.1) is 0 Å². The normalized spacial score (nSPS) is 11.2. The van der Waals surface area contributed by atoms with Crippen molar-refractivity contribution in [3.8, 4) is 0 Å². The van der Waals surface area contributed by atoms with Crippen LogP contribution in [0.5, 0.6) is 0 Å². The zero-order chi connectivity index (χ0) is 15.6. The highest BCUT2D eigenvalue weighted by Gasteiger charge is 2.20. The Labute approximate surface area is 131 Å². The van der Waals surface area contributed by atoms with Crippen LogP contribution in [0.2, 0.25) is 0 Å². The molecule has 0 aliphatic rings. The first kappa shape index (κ1) is 15.9. The Hall–Kier alpha value is -1.47. The summed E-state index contributed by atoms with van der Waals surface area (Å²) in [5, 5.41) is 14.4. The number of thioether (sulfide) groups is 1. The molecule has 0 aliphatic heterocycles. The Kier molecular flexibility index (Phi) is 4.95. The predicted molar refractivity (Wildman–Crippen MR) is 83.8 cm³/mol. The number of carboxylic acids is 1. The molecule has 114 valence electrons. The van der Waals surface area contributed by atoms with E-state index in [1.54, 1.807) is 4.68 Å². The number of allylic oxidation sites excluding steroid dienone is 1. The number of aliphatic carboxylic acids is 1. The molecule has 2 rings (SSSR count). The fourth-order valence-corrected chi connectivity index (χ4v) is 3.01. The van der Waals surface area contributed by atoms with Crippen LogP contribution in [-0.4, -0.2) is 36.2 Å². The molecular weight excluding hydrogens is 312 g/mol. The second-order valence-electron chi connectivity index (χ2n) is 4.67. The minimum atomic E-state index is -0.879. The lowest BCUT2D eigenvalue weighted by molar-refractivity contribution is -0.133. The number of aromatic nitrogens is 4. The molecule has 1 N–H and O–H groups in total. The second-order valence-corrected chi connectivity index (χ2v) is 6.15. The fourth-order valence-electron chi connectivity index (χ4n) is 2.18. The van der Waals surface area contributed by atoms with Crippen LogP contribution in [0.3, 0.4) is 0 Å². The third-order valence-corrected chi connectivity index (χ3v) is 3.98. The van der Waals surface area contributed by atoms with Gasteiger partial charge >= 0.3 is 5.97 Å². The van der Waals surface area contributed by atoms with Gasteiger partial charge in [-0.2, -0.15) is 5.10 Å². The van der Waals surface area contributed by atoms with Gasteiger partial charge in [0.15, 0.2) is 10.8 Å². The quantitative estimate of drug-likeness (QED) is 0.791. The van der Waals surface area contributed by atoms with E-state index in [-0.39, 0.29) is 5.75 Å². The molecule has 0 saturated heterocycles. The fraction of sp³-hybridized carbons (Fsp3) is 0.462. The molecule has 0 amide bonds. The van der Waals surface area contributed by atoms with Crippen molar-refractivity contribution in [3.63, 3.8) is 0 Å². The van der Waals surface area contributed by atoms with E-state index in [0.717, 1.165) is 29.7 Å². The minimum Gasteiger partial charge on any atom is -0.481 e. The summed E-state index contributed by atoms with van der Waals surface area (Å²) < 4.78 is 3.63. The maximum atomic E-state index is 10.8. The van der Waals surface area contributed by atoms with Crippen molar-refractivity contribution >= 4 is 40.5 Å². The van der Waals surface area contributed by atoms with E-state index in [9.17, 15) is 4.79 Å². The molecule has 0 aliphatic carbocycles. The van der Waals surface area contributed by atoms with E-state index >= 15 is 0 Å². The largest absolute Gasteiger partial charge is 0.481 e. The van der Waals surface area contributed by atoms with Gasteiger partial charge in [0.1, 0.15) is 5.52 Å². The van der Waals surface area contributed by atoms with Crippen molar-refractivity contribution in [1.82, 2.24) is 19.3 Å². The maximum absolute atomic E-state index is 10.8. The first-order valence-corrected chi connectivity index (χ1v) is 7.90. The van der Waals surface area contributed by atoms with Gasteiger partial charge < -0.3 is 5.11 Å². The number of carboxylic acid groups (broad SMARTS) is 1. The molecular formula is C13H17ClN4O2S. The summed E-state index contributed by atoms with van der Waals surface area (Å²) in [4.78, 5) is 15.3. The molecule has 0 atom stereocenters. The molecule has 0 spiro atoms. The number of hydrogen-bond acceptors (Lipinski definition) is 4. The Morgan fingerprint density at radius 3 is 2.81 bits per heavy atom. The zero-order valence-corrected chi connectivity index (χ0v) is 13.5. The number of fused-ring (bicyclic) bond motifs is 1. The second kappa shape index (κ2) is 6.53. The van der Waals surface area contributed by atoms with Gasteiger partial charge in [-0.25, -0.2) is 4.98 Å². The Morgan fingerprint density at radius 2 is 2.24 bits per heavy atom. The summed E-state index contributed by atoms with van der Waals surface area (Å²) in [5.41, 5.74) is 2.57. The average molecular weight is 329 g/mol. The van der Waals surface area contributed by atoms with Crippen LogP contribution in [-0.2, 0) is 24.8 Å². The Morgan fingerprint density at radius 1 is 1.52 bits per heavy atom. The number of hydrogen-bond donors (Lipinski definition) is 1. The maximum Gasteiger partial charge on any atom is 0.313 e. The van der Waals surface area contributed by atoms with E-state index in [4.69, 9.17) is 16.7 Å². The number of carbonyl (C=O) groups is 1. The summed E-state index contributed by atoms with van der Waals surface area (Å²) in [5.74, 6) is -0.926. The number of halogens is 1. The summed E-state index contributed by atoms with van der Waals surface area (Å²) >= 11 is 7.10. The number of rotatable bonds is 7. The van der Waals surface area contributed by atoms with Crippen LogP contribution in [0.15, 0.2) is 16.8 Å². The molecule has 21 heavy (non-hydrogen) atoms. The van der Waals surface area contributed by atoms with Crippen LogP contribution in [0.4, 0.5) is 0 Å². The Bertz CT molecular complexity index is 692. The molecule has 0 radical (unpaired) electrons. The zero-order valence-electron chi connectivity index (χ0n) is 12.0. The average Bonchev–Trinajstić information content (AvgIpc) is 2.87. The van der Waals surface area contributed by atoms with Gasteiger partial charge in [-0.05, 0) is 6.42 Å². The number of imidazole rings is 1. The molecule has 0 fully saturated rings. The minimum absolute atomic E-state index is 0.0470. The number of nitrogens with zero attached hydrogens (tertiary/aromatic N) is 4. The lowest BCUT2D eigenvalue weighted by atomic mass is 10.2.